The van der Waals surface area contributed by atoms with E-state index in [1.807, 2.05) is 6.07 Å². The molecule has 17 heavy (non-hydrogen) atoms. The number of hydrogen-bond donors (Lipinski definition) is 2. The first-order valence-corrected chi connectivity index (χ1v) is 5.91. The number of ether oxygens (including phenoxy) is 1. The van der Waals surface area contributed by atoms with Crippen LogP contribution in [0.4, 0.5) is 5.69 Å². The molecule has 0 atom stereocenters. The second-order valence-corrected chi connectivity index (χ2v) is 4.25. The van der Waals surface area contributed by atoms with Crippen molar-refractivity contribution in [3.05, 3.63) is 28.8 Å². The molecule has 0 radical (unpaired) electrons. The average Bonchev–Trinajstić information content (AvgIpc) is 2.31. The third-order valence-electron chi connectivity index (χ3n) is 2.49. The van der Waals surface area contributed by atoms with Gasteiger partial charge in [-0.05, 0) is 23.8 Å². The van der Waals surface area contributed by atoms with Gasteiger partial charge >= 0.3 is 0 Å². The van der Waals surface area contributed by atoms with Gasteiger partial charge in [0.1, 0.15) is 0 Å². The molecule has 1 rings (SSSR count). The van der Waals surface area contributed by atoms with Crippen molar-refractivity contribution in [2.75, 3.05) is 39.1 Å². The maximum absolute atomic E-state index is 9.00. The lowest BCUT2D eigenvalue weighted by Crippen LogP contribution is -2.30. The van der Waals surface area contributed by atoms with E-state index in [9.17, 15) is 0 Å². The lowest BCUT2D eigenvalue weighted by atomic mass is 10.2. The molecule has 4 nitrogen and oxygen atoms in total. The maximum atomic E-state index is 9.00. The molecule has 0 saturated carbocycles. The average molecular weight is 259 g/mol. The molecule has 0 amide bonds. The van der Waals surface area contributed by atoms with Gasteiger partial charge in [-0.15, -0.1) is 0 Å². The Kier molecular flexibility index (Phi) is 6.29. The lowest BCUT2D eigenvalue weighted by molar-refractivity contribution is 0.127. The summed E-state index contributed by atoms with van der Waals surface area (Å²) in [5.41, 5.74) is 7.39. The first-order chi connectivity index (χ1) is 8.17. The molecule has 0 aliphatic rings. The Bertz CT molecular complexity index is 347. The fourth-order valence-electron chi connectivity index (χ4n) is 1.59. The van der Waals surface area contributed by atoms with E-state index in [1.54, 1.807) is 19.2 Å². The Labute approximate surface area is 107 Å². The van der Waals surface area contributed by atoms with Gasteiger partial charge < -0.3 is 15.6 Å². The molecule has 1 aromatic rings. The summed E-state index contributed by atoms with van der Waals surface area (Å²) in [5.74, 6) is 0. The molecule has 0 saturated heterocycles. The number of hydrogen-bond acceptors (Lipinski definition) is 4. The summed E-state index contributed by atoms with van der Waals surface area (Å²) in [6.45, 7) is 2.74. The van der Waals surface area contributed by atoms with Crippen LogP contribution >= 0.6 is 11.6 Å². The van der Waals surface area contributed by atoms with Gasteiger partial charge in [0.2, 0.25) is 0 Å². The van der Waals surface area contributed by atoms with Gasteiger partial charge in [0.05, 0.1) is 13.2 Å². The Morgan fingerprint density at radius 2 is 2.18 bits per heavy atom. The van der Waals surface area contributed by atoms with Crippen LogP contribution in [0.5, 0.6) is 0 Å². The number of nitrogens with zero attached hydrogens (tertiary/aromatic N) is 1. The van der Waals surface area contributed by atoms with Gasteiger partial charge in [-0.2, -0.15) is 0 Å². The summed E-state index contributed by atoms with van der Waals surface area (Å²) in [4.78, 5) is 2.07. The zero-order valence-electron chi connectivity index (χ0n) is 10.0. The molecule has 3 N–H and O–H groups in total. The summed E-state index contributed by atoms with van der Waals surface area (Å²) >= 11 is 6.10. The Balaban J connectivity index is 2.67. The Hall–Kier alpha value is -0.810. The first-order valence-electron chi connectivity index (χ1n) is 5.53. The number of benzene rings is 1. The molecule has 5 heteroatoms. The van der Waals surface area contributed by atoms with E-state index in [0.717, 1.165) is 12.1 Å². The highest BCUT2D eigenvalue weighted by Gasteiger charge is 2.08. The minimum Gasteiger partial charge on any atom is -0.399 e. The normalized spacial score (nSPS) is 11.1. The van der Waals surface area contributed by atoms with Crippen molar-refractivity contribution >= 4 is 17.3 Å². The zero-order valence-corrected chi connectivity index (χ0v) is 10.8. The van der Waals surface area contributed by atoms with E-state index in [0.29, 0.717) is 30.4 Å². The molecule has 0 aromatic heterocycles. The summed E-state index contributed by atoms with van der Waals surface area (Å²) in [5, 5.41) is 9.69. The van der Waals surface area contributed by atoms with Crippen LogP contribution in [0.15, 0.2) is 18.2 Å². The van der Waals surface area contributed by atoms with Gasteiger partial charge in [-0.1, -0.05) is 11.6 Å². The molecule has 0 aliphatic carbocycles. The smallest absolute Gasteiger partial charge is 0.0589 e. The topological polar surface area (TPSA) is 58.7 Å². The molecule has 96 valence electrons. The van der Waals surface area contributed by atoms with Crippen molar-refractivity contribution in [2.24, 2.45) is 0 Å². The predicted molar refractivity (Wildman–Crippen MR) is 70.1 cm³/mol. The highest BCUT2D eigenvalue weighted by atomic mass is 35.5. The number of anilines is 1. The van der Waals surface area contributed by atoms with Gasteiger partial charge in [-0.3, -0.25) is 4.90 Å². The van der Waals surface area contributed by atoms with Gasteiger partial charge in [0.25, 0.3) is 0 Å². The number of aliphatic hydroxyl groups excluding tert-OH is 1. The quantitative estimate of drug-likeness (QED) is 0.725. The molecular weight excluding hydrogens is 240 g/mol. The van der Waals surface area contributed by atoms with Crippen LogP contribution in [0.1, 0.15) is 5.56 Å². The Morgan fingerprint density at radius 3 is 2.82 bits per heavy atom. The Morgan fingerprint density at radius 1 is 1.41 bits per heavy atom. The predicted octanol–water partition coefficient (Wildman–Crippen LogP) is 1.36. The molecule has 0 spiro atoms. The molecule has 0 unspecified atom stereocenters. The number of nitrogen functional groups attached to an aromatic ring is 1. The molecular formula is C12H19ClN2O2. The van der Waals surface area contributed by atoms with E-state index < -0.39 is 0 Å². The van der Waals surface area contributed by atoms with Crippen molar-refractivity contribution in [3.63, 3.8) is 0 Å². The second-order valence-electron chi connectivity index (χ2n) is 3.84. The van der Waals surface area contributed by atoms with Gasteiger partial charge in [-0.25, -0.2) is 0 Å². The third kappa shape index (κ3) is 4.91. The molecule has 0 bridgehead atoms. The van der Waals surface area contributed by atoms with E-state index in [2.05, 4.69) is 4.90 Å². The number of rotatable bonds is 7. The van der Waals surface area contributed by atoms with Crippen LogP contribution in [0, 0.1) is 0 Å². The summed E-state index contributed by atoms with van der Waals surface area (Å²) in [7, 11) is 1.66. The van der Waals surface area contributed by atoms with Gasteiger partial charge in [0.15, 0.2) is 0 Å². The summed E-state index contributed by atoms with van der Waals surface area (Å²) in [6, 6.07) is 5.43. The maximum Gasteiger partial charge on any atom is 0.0589 e. The fraction of sp³-hybridized carbons (Fsp3) is 0.500. The second kappa shape index (κ2) is 7.50. The van der Waals surface area contributed by atoms with Crippen LogP contribution in [-0.2, 0) is 11.3 Å². The van der Waals surface area contributed by atoms with Crippen molar-refractivity contribution < 1.29 is 9.84 Å². The molecule has 1 aromatic carbocycles. The van der Waals surface area contributed by atoms with Crippen molar-refractivity contribution in [1.29, 1.82) is 0 Å². The number of aliphatic hydroxyl groups is 1. The molecule has 0 fully saturated rings. The number of methoxy groups -OCH3 is 1. The monoisotopic (exact) mass is 258 g/mol. The van der Waals surface area contributed by atoms with Crippen LogP contribution < -0.4 is 5.73 Å². The summed E-state index contributed by atoms with van der Waals surface area (Å²) < 4.78 is 5.03. The van der Waals surface area contributed by atoms with E-state index in [1.165, 1.54) is 0 Å². The minimum absolute atomic E-state index is 0.115. The lowest BCUT2D eigenvalue weighted by Gasteiger charge is -2.21. The van der Waals surface area contributed by atoms with Crippen molar-refractivity contribution in [1.82, 2.24) is 4.90 Å². The van der Waals surface area contributed by atoms with Crippen molar-refractivity contribution in [3.8, 4) is 0 Å². The largest absolute Gasteiger partial charge is 0.399 e. The third-order valence-corrected chi connectivity index (χ3v) is 2.86. The van der Waals surface area contributed by atoms with Crippen LogP contribution in [0.3, 0.4) is 0 Å². The highest BCUT2D eigenvalue weighted by Crippen LogP contribution is 2.20. The van der Waals surface area contributed by atoms with Gasteiger partial charge in [0, 0.05) is 37.5 Å². The van der Waals surface area contributed by atoms with Crippen molar-refractivity contribution in [2.45, 2.75) is 6.54 Å². The molecule has 0 aliphatic heterocycles. The van der Waals surface area contributed by atoms with E-state index in [4.69, 9.17) is 27.2 Å². The van der Waals surface area contributed by atoms with E-state index >= 15 is 0 Å². The zero-order chi connectivity index (χ0) is 12.7. The fourth-order valence-corrected chi connectivity index (χ4v) is 1.77. The SMILES string of the molecule is COCCN(CCO)Cc1cc(N)ccc1Cl. The van der Waals surface area contributed by atoms with Crippen LogP contribution in [-0.4, -0.2) is 43.4 Å². The van der Waals surface area contributed by atoms with Crippen LogP contribution in [0.2, 0.25) is 5.02 Å². The standard InChI is InChI=1S/C12H19ClN2O2/c1-17-7-5-15(4-6-16)9-10-8-11(14)2-3-12(10)13/h2-3,8,16H,4-7,9,14H2,1H3. The van der Waals surface area contributed by atoms with Crippen LogP contribution in [0.25, 0.3) is 0 Å². The number of halogens is 1. The minimum atomic E-state index is 0.115. The first kappa shape index (κ1) is 14.3. The highest BCUT2D eigenvalue weighted by molar-refractivity contribution is 6.31. The number of nitrogens with two attached hydrogens (primary N) is 1. The summed E-state index contributed by atoms with van der Waals surface area (Å²) in [6.07, 6.45) is 0. The van der Waals surface area contributed by atoms with E-state index in [-0.39, 0.29) is 6.61 Å². The molecule has 0 heterocycles.